The maximum atomic E-state index is 4.12. The van der Waals surface area contributed by atoms with Crippen molar-refractivity contribution < 1.29 is 0 Å². The lowest BCUT2D eigenvalue weighted by atomic mass is 10.1. The number of hydrogen-bond acceptors (Lipinski definition) is 7. The topological polar surface area (TPSA) is 81.4 Å². The molecule has 2 rings (SSSR count). The zero-order valence-electron chi connectivity index (χ0n) is 8.45. The lowest BCUT2D eigenvalue weighted by Crippen LogP contribution is -2.20. The van der Waals surface area contributed by atoms with E-state index in [0.717, 1.165) is 5.69 Å². The Morgan fingerprint density at radius 1 is 1.53 bits per heavy atom. The van der Waals surface area contributed by atoms with Gasteiger partial charge in [-0.25, -0.2) is 0 Å². The van der Waals surface area contributed by atoms with Crippen LogP contribution in [0.3, 0.4) is 0 Å². The molecule has 0 saturated carbocycles. The monoisotopic (exact) mass is 225 g/mol. The minimum Gasteiger partial charge on any atom is -0.311 e. The van der Waals surface area contributed by atoms with Crippen LogP contribution < -0.4 is 5.32 Å². The molecule has 15 heavy (non-hydrogen) atoms. The number of nitrogens with zero attached hydrogens (tertiary/aromatic N) is 6. The van der Waals surface area contributed by atoms with E-state index in [2.05, 4.69) is 30.3 Å². The summed E-state index contributed by atoms with van der Waals surface area (Å²) in [6, 6.07) is 0.0907. The minimum atomic E-state index is 0.0907. The van der Waals surface area contributed by atoms with Crippen molar-refractivity contribution in [3.05, 3.63) is 16.9 Å². The van der Waals surface area contributed by atoms with Gasteiger partial charge < -0.3 is 5.32 Å². The number of aryl methyl sites for hydroxylation is 1. The van der Waals surface area contributed by atoms with Crippen molar-refractivity contribution in [3.63, 3.8) is 0 Å². The lowest BCUT2D eigenvalue weighted by molar-refractivity contribution is 0.555. The normalized spacial score (nSPS) is 12.9. The summed E-state index contributed by atoms with van der Waals surface area (Å²) in [6.07, 6.45) is 0.662. The van der Waals surface area contributed by atoms with E-state index in [1.807, 2.05) is 12.4 Å². The molecule has 0 radical (unpaired) electrons. The smallest absolute Gasteiger partial charge is 0.176 e. The summed E-state index contributed by atoms with van der Waals surface area (Å²) in [5.74, 6) is 0.699. The number of aromatic nitrogens is 6. The van der Waals surface area contributed by atoms with Gasteiger partial charge in [-0.1, -0.05) is 4.49 Å². The van der Waals surface area contributed by atoms with Gasteiger partial charge >= 0.3 is 0 Å². The molecule has 80 valence electrons. The van der Waals surface area contributed by atoms with Crippen molar-refractivity contribution in [3.8, 4) is 0 Å². The number of nitrogens with one attached hydrogen (secondary N) is 1. The predicted octanol–water partition coefficient (Wildman–Crippen LogP) is -0.435. The molecule has 2 aromatic rings. The predicted molar refractivity (Wildman–Crippen MR) is 54.2 cm³/mol. The SMILES string of the molecule is CNC(Cc1nnn(C)n1)c1csnn1. The molecule has 2 heterocycles. The van der Waals surface area contributed by atoms with E-state index >= 15 is 0 Å². The second-order valence-corrected chi connectivity index (χ2v) is 3.68. The standard InChI is InChI=1S/C7H11N7S/c1-8-5(6-4-15-13-9-6)3-7-10-12-14(2)11-7/h4-5,8H,3H2,1-2H3. The minimum absolute atomic E-state index is 0.0907. The van der Waals surface area contributed by atoms with Crippen molar-refractivity contribution >= 4 is 11.5 Å². The van der Waals surface area contributed by atoms with Gasteiger partial charge in [0.1, 0.15) is 0 Å². The Hall–Kier alpha value is -1.41. The summed E-state index contributed by atoms with van der Waals surface area (Å²) < 4.78 is 3.83. The van der Waals surface area contributed by atoms with E-state index < -0.39 is 0 Å². The summed E-state index contributed by atoms with van der Waals surface area (Å²) in [5, 5.41) is 20.9. The molecule has 7 nitrogen and oxygen atoms in total. The third kappa shape index (κ3) is 2.34. The van der Waals surface area contributed by atoms with Crippen LogP contribution in [0.5, 0.6) is 0 Å². The Balaban J connectivity index is 2.09. The summed E-state index contributed by atoms with van der Waals surface area (Å²) in [6.45, 7) is 0. The van der Waals surface area contributed by atoms with Crippen LogP contribution in [0.15, 0.2) is 5.38 Å². The van der Waals surface area contributed by atoms with Gasteiger partial charge in [0.15, 0.2) is 5.82 Å². The Morgan fingerprint density at radius 2 is 2.40 bits per heavy atom. The van der Waals surface area contributed by atoms with Gasteiger partial charge in [-0.15, -0.1) is 15.3 Å². The first kappa shape index (κ1) is 10.1. The first-order valence-electron chi connectivity index (χ1n) is 4.46. The Kier molecular flexibility index (Phi) is 2.97. The molecule has 0 bridgehead atoms. The Bertz CT molecular complexity index is 409. The van der Waals surface area contributed by atoms with E-state index in [9.17, 15) is 0 Å². The molecule has 2 aromatic heterocycles. The van der Waals surface area contributed by atoms with Gasteiger partial charge in [0.25, 0.3) is 0 Å². The number of hydrogen-bond donors (Lipinski definition) is 1. The molecular weight excluding hydrogens is 214 g/mol. The van der Waals surface area contributed by atoms with Gasteiger partial charge in [0.05, 0.1) is 18.8 Å². The van der Waals surface area contributed by atoms with Crippen LogP contribution in [0.1, 0.15) is 17.6 Å². The van der Waals surface area contributed by atoms with Crippen molar-refractivity contribution in [1.29, 1.82) is 0 Å². The number of rotatable bonds is 4. The highest BCUT2D eigenvalue weighted by molar-refractivity contribution is 7.03. The van der Waals surface area contributed by atoms with Crippen LogP contribution >= 0.6 is 11.5 Å². The van der Waals surface area contributed by atoms with Crippen LogP contribution in [0.2, 0.25) is 0 Å². The average molecular weight is 225 g/mol. The average Bonchev–Trinajstić information content (AvgIpc) is 2.85. The molecular formula is C7H11N7S. The Labute approximate surface area is 90.7 Å². The zero-order chi connectivity index (χ0) is 10.7. The molecule has 0 aliphatic rings. The second kappa shape index (κ2) is 4.41. The quantitative estimate of drug-likeness (QED) is 0.760. The molecule has 8 heteroatoms. The highest BCUT2D eigenvalue weighted by Gasteiger charge is 2.15. The van der Waals surface area contributed by atoms with Gasteiger partial charge in [0, 0.05) is 11.8 Å². The van der Waals surface area contributed by atoms with Gasteiger partial charge in [-0.05, 0) is 23.8 Å². The fraction of sp³-hybridized carbons (Fsp3) is 0.571. The highest BCUT2D eigenvalue weighted by atomic mass is 32.1. The van der Waals surface area contributed by atoms with Crippen LogP contribution in [-0.2, 0) is 13.5 Å². The van der Waals surface area contributed by atoms with Crippen molar-refractivity contribution in [2.24, 2.45) is 7.05 Å². The third-order valence-electron chi connectivity index (χ3n) is 2.02. The zero-order valence-corrected chi connectivity index (χ0v) is 9.27. The second-order valence-electron chi connectivity index (χ2n) is 3.07. The molecule has 1 unspecified atom stereocenters. The van der Waals surface area contributed by atoms with Crippen molar-refractivity contribution in [1.82, 2.24) is 35.1 Å². The van der Waals surface area contributed by atoms with Gasteiger partial charge in [-0.3, -0.25) is 0 Å². The molecule has 1 N–H and O–H groups in total. The Morgan fingerprint density at radius 3 is 2.93 bits per heavy atom. The number of likely N-dealkylation sites (N-methyl/N-ethyl adjacent to an activating group) is 1. The molecule has 0 aliphatic heterocycles. The van der Waals surface area contributed by atoms with E-state index in [1.54, 1.807) is 7.05 Å². The molecule has 0 spiro atoms. The van der Waals surface area contributed by atoms with Gasteiger partial charge in [-0.2, -0.15) is 4.80 Å². The fourth-order valence-corrected chi connectivity index (χ4v) is 1.77. The molecule has 1 atom stereocenters. The van der Waals surface area contributed by atoms with Crippen LogP contribution in [-0.4, -0.2) is 36.8 Å². The van der Waals surface area contributed by atoms with E-state index in [4.69, 9.17) is 0 Å². The highest BCUT2D eigenvalue weighted by Crippen LogP contribution is 2.14. The molecule has 0 amide bonds. The number of tetrazole rings is 1. The summed E-state index contributed by atoms with van der Waals surface area (Å²) in [5.41, 5.74) is 0.912. The van der Waals surface area contributed by atoms with Crippen LogP contribution in [0, 0.1) is 0 Å². The first-order chi connectivity index (χ1) is 7.29. The molecule has 0 aromatic carbocycles. The maximum absolute atomic E-state index is 4.12. The fourth-order valence-electron chi connectivity index (χ4n) is 1.27. The molecule has 0 aliphatic carbocycles. The maximum Gasteiger partial charge on any atom is 0.176 e. The first-order valence-corrected chi connectivity index (χ1v) is 5.30. The van der Waals surface area contributed by atoms with Crippen molar-refractivity contribution in [2.45, 2.75) is 12.5 Å². The van der Waals surface area contributed by atoms with Crippen LogP contribution in [0.4, 0.5) is 0 Å². The van der Waals surface area contributed by atoms with E-state index in [1.165, 1.54) is 16.3 Å². The van der Waals surface area contributed by atoms with E-state index in [-0.39, 0.29) is 6.04 Å². The largest absolute Gasteiger partial charge is 0.311 e. The summed E-state index contributed by atoms with van der Waals surface area (Å²) in [7, 11) is 3.62. The lowest BCUT2D eigenvalue weighted by Gasteiger charge is -2.09. The van der Waals surface area contributed by atoms with E-state index in [0.29, 0.717) is 12.2 Å². The molecule has 0 fully saturated rings. The summed E-state index contributed by atoms with van der Waals surface area (Å²) >= 11 is 1.34. The van der Waals surface area contributed by atoms with Crippen LogP contribution in [0.25, 0.3) is 0 Å². The summed E-state index contributed by atoms with van der Waals surface area (Å²) in [4.78, 5) is 1.45. The van der Waals surface area contributed by atoms with Gasteiger partial charge in [0.2, 0.25) is 0 Å². The van der Waals surface area contributed by atoms with Crippen molar-refractivity contribution in [2.75, 3.05) is 7.05 Å². The molecule has 0 saturated heterocycles. The third-order valence-corrected chi connectivity index (χ3v) is 2.54.